The molecule has 1 unspecified atom stereocenters. The smallest absolute Gasteiger partial charge is 0.257 e. The number of carbonyl (C=O) groups is 1. The van der Waals surface area contributed by atoms with Gasteiger partial charge in [-0.05, 0) is 12.1 Å². The molecule has 1 aromatic heterocycles. The van der Waals surface area contributed by atoms with Gasteiger partial charge in [-0.3, -0.25) is 4.79 Å². The van der Waals surface area contributed by atoms with Gasteiger partial charge in [-0.15, -0.1) is 11.3 Å². The van der Waals surface area contributed by atoms with Crippen LogP contribution in [0.4, 0.5) is 5.69 Å². The predicted molar refractivity (Wildman–Crippen MR) is 71.3 cm³/mol. The van der Waals surface area contributed by atoms with Crippen LogP contribution >= 0.6 is 34.7 Å². The number of thiazole rings is 1. The molecule has 1 aliphatic rings. The van der Waals surface area contributed by atoms with Gasteiger partial charge in [0.1, 0.15) is 0 Å². The first-order chi connectivity index (χ1) is 8.65. The van der Waals surface area contributed by atoms with Crippen molar-refractivity contribution in [1.82, 2.24) is 4.98 Å². The Morgan fingerprint density at radius 3 is 3.06 bits per heavy atom. The van der Waals surface area contributed by atoms with E-state index in [0.717, 1.165) is 9.24 Å². The number of nitrogens with one attached hydrogen (secondary N) is 1. The molecule has 0 saturated carbocycles. The lowest BCUT2D eigenvalue weighted by Gasteiger charge is -2.06. The molecule has 1 aromatic carbocycles. The van der Waals surface area contributed by atoms with Gasteiger partial charge in [-0.2, -0.15) is 0 Å². The van der Waals surface area contributed by atoms with Crippen LogP contribution in [0.15, 0.2) is 32.9 Å². The topological polar surface area (TPSA) is 62.2 Å². The average molecular weight is 299 g/mol. The maximum atomic E-state index is 11.3. The van der Waals surface area contributed by atoms with Crippen LogP contribution in [-0.2, 0) is 4.79 Å². The zero-order chi connectivity index (χ0) is 12.7. The first kappa shape index (κ1) is 12.0. The minimum atomic E-state index is -1.13. The zero-order valence-electron chi connectivity index (χ0n) is 8.88. The Hall–Kier alpha value is -1.08. The van der Waals surface area contributed by atoms with Crippen LogP contribution < -0.4 is 5.32 Å². The fraction of sp³-hybridized carbons (Fsp3) is 0.0909. The Balaban J connectivity index is 1.98. The lowest BCUT2D eigenvalue weighted by Crippen LogP contribution is -2.10. The molecule has 0 radical (unpaired) electrons. The average Bonchev–Trinajstić information content (AvgIpc) is 2.92. The van der Waals surface area contributed by atoms with Crippen LogP contribution in [0, 0.1) is 0 Å². The van der Waals surface area contributed by atoms with E-state index in [4.69, 9.17) is 11.6 Å². The molecule has 3 rings (SSSR count). The van der Waals surface area contributed by atoms with E-state index >= 15 is 0 Å². The van der Waals surface area contributed by atoms with Crippen molar-refractivity contribution >= 4 is 46.3 Å². The number of hydrogen-bond donors (Lipinski definition) is 2. The van der Waals surface area contributed by atoms with E-state index in [0.29, 0.717) is 16.3 Å². The predicted octanol–water partition coefficient (Wildman–Crippen LogP) is 2.93. The minimum Gasteiger partial charge on any atom is -0.378 e. The first-order valence-electron chi connectivity index (χ1n) is 5.05. The molecule has 1 amide bonds. The standard InChI is InChI=1S/C11H7ClN2O2S2/c12-6-3-5-7(14-10(16)9(5)15)4-8(6)18-11-13-1-2-17-11/h1-4,9,15H,(H,14,16). The maximum absolute atomic E-state index is 11.3. The summed E-state index contributed by atoms with van der Waals surface area (Å²) >= 11 is 9.09. The summed E-state index contributed by atoms with van der Waals surface area (Å²) in [6.45, 7) is 0. The number of rotatable bonds is 2. The van der Waals surface area contributed by atoms with Crippen molar-refractivity contribution in [3.05, 3.63) is 34.3 Å². The van der Waals surface area contributed by atoms with Crippen molar-refractivity contribution in [2.45, 2.75) is 15.3 Å². The minimum absolute atomic E-state index is 0.419. The van der Waals surface area contributed by atoms with E-state index in [2.05, 4.69) is 10.3 Å². The zero-order valence-corrected chi connectivity index (χ0v) is 11.3. The monoisotopic (exact) mass is 298 g/mol. The molecule has 18 heavy (non-hydrogen) atoms. The van der Waals surface area contributed by atoms with Crippen molar-refractivity contribution in [2.24, 2.45) is 0 Å². The van der Waals surface area contributed by atoms with Crippen LogP contribution in [0.5, 0.6) is 0 Å². The molecule has 0 aliphatic carbocycles. The molecular weight excluding hydrogens is 292 g/mol. The summed E-state index contributed by atoms with van der Waals surface area (Å²) in [5.41, 5.74) is 1.13. The van der Waals surface area contributed by atoms with Gasteiger partial charge >= 0.3 is 0 Å². The second kappa shape index (κ2) is 4.55. The number of amides is 1. The highest BCUT2D eigenvalue weighted by molar-refractivity contribution is 8.01. The highest BCUT2D eigenvalue weighted by Gasteiger charge is 2.29. The number of carbonyl (C=O) groups excluding carboxylic acids is 1. The van der Waals surface area contributed by atoms with Gasteiger partial charge in [0.15, 0.2) is 10.4 Å². The molecule has 2 N–H and O–H groups in total. The highest BCUT2D eigenvalue weighted by atomic mass is 35.5. The number of anilines is 1. The lowest BCUT2D eigenvalue weighted by atomic mass is 10.1. The van der Waals surface area contributed by atoms with Crippen LogP contribution in [0.1, 0.15) is 11.7 Å². The summed E-state index contributed by atoms with van der Waals surface area (Å²) in [4.78, 5) is 16.3. The molecule has 1 aliphatic heterocycles. The third-order valence-electron chi connectivity index (χ3n) is 2.51. The van der Waals surface area contributed by atoms with Gasteiger partial charge in [-0.25, -0.2) is 4.98 Å². The third-order valence-corrected chi connectivity index (χ3v) is 4.88. The summed E-state index contributed by atoms with van der Waals surface area (Å²) in [6, 6.07) is 3.38. The Morgan fingerprint density at radius 1 is 1.50 bits per heavy atom. The maximum Gasteiger partial charge on any atom is 0.257 e. The SMILES string of the molecule is O=C1Nc2cc(Sc3nccs3)c(Cl)cc2C1O. The fourth-order valence-corrected chi connectivity index (χ4v) is 3.59. The summed E-state index contributed by atoms with van der Waals surface area (Å²) in [6.07, 6.45) is 0.594. The van der Waals surface area contributed by atoms with Crippen LogP contribution in [0.2, 0.25) is 5.02 Å². The summed E-state index contributed by atoms with van der Waals surface area (Å²) in [5, 5.41) is 14.6. The van der Waals surface area contributed by atoms with Gasteiger partial charge in [0.2, 0.25) is 0 Å². The normalized spacial score (nSPS) is 17.7. The second-order valence-corrected chi connectivity index (χ2v) is 6.25. The molecule has 0 bridgehead atoms. The van der Waals surface area contributed by atoms with E-state index in [1.165, 1.54) is 23.1 Å². The molecule has 2 aromatic rings. The van der Waals surface area contributed by atoms with Gasteiger partial charge in [0.05, 0.1) is 5.02 Å². The summed E-state index contributed by atoms with van der Waals surface area (Å²) < 4.78 is 0.877. The van der Waals surface area contributed by atoms with Gasteiger partial charge in [-0.1, -0.05) is 23.4 Å². The van der Waals surface area contributed by atoms with E-state index in [-0.39, 0.29) is 0 Å². The van der Waals surface area contributed by atoms with Crippen molar-refractivity contribution in [2.75, 3.05) is 5.32 Å². The lowest BCUT2D eigenvalue weighted by molar-refractivity contribution is -0.123. The molecular formula is C11H7ClN2O2S2. The Kier molecular flexibility index (Phi) is 3.03. The van der Waals surface area contributed by atoms with Crippen LogP contribution in [-0.4, -0.2) is 16.0 Å². The Bertz CT molecular complexity index is 616. The van der Waals surface area contributed by atoms with Crippen molar-refractivity contribution in [3.8, 4) is 0 Å². The van der Waals surface area contributed by atoms with E-state index in [1.807, 2.05) is 5.38 Å². The number of fused-ring (bicyclic) bond motifs is 1. The van der Waals surface area contributed by atoms with Crippen molar-refractivity contribution in [3.63, 3.8) is 0 Å². The summed E-state index contributed by atoms with van der Waals surface area (Å²) in [5.74, 6) is -0.419. The van der Waals surface area contributed by atoms with E-state index in [9.17, 15) is 9.90 Å². The van der Waals surface area contributed by atoms with E-state index < -0.39 is 12.0 Å². The number of aliphatic hydroxyl groups excluding tert-OH is 1. The quantitative estimate of drug-likeness (QED) is 0.895. The van der Waals surface area contributed by atoms with Crippen LogP contribution in [0.3, 0.4) is 0 Å². The molecule has 0 fully saturated rings. The fourth-order valence-electron chi connectivity index (χ4n) is 1.68. The summed E-state index contributed by atoms with van der Waals surface area (Å²) in [7, 11) is 0. The number of halogens is 1. The van der Waals surface area contributed by atoms with E-state index in [1.54, 1.807) is 18.3 Å². The molecule has 1 atom stereocenters. The second-order valence-electron chi connectivity index (χ2n) is 3.66. The van der Waals surface area contributed by atoms with Gasteiger partial charge < -0.3 is 10.4 Å². The molecule has 0 spiro atoms. The van der Waals surface area contributed by atoms with Crippen LogP contribution in [0.25, 0.3) is 0 Å². The number of aromatic nitrogens is 1. The molecule has 0 saturated heterocycles. The molecule has 92 valence electrons. The van der Waals surface area contributed by atoms with Gasteiger partial charge in [0, 0.05) is 27.7 Å². The number of aliphatic hydroxyl groups is 1. The molecule has 7 heteroatoms. The van der Waals surface area contributed by atoms with Crippen molar-refractivity contribution in [1.29, 1.82) is 0 Å². The first-order valence-corrected chi connectivity index (χ1v) is 7.12. The highest BCUT2D eigenvalue weighted by Crippen LogP contribution is 2.41. The number of nitrogens with zero attached hydrogens (tertiary/aromatic N) is 1. The number of benzene rings is 1. The Morgan fingerprint density at radius 2 is 2.33 bits per heavy atom. The number of hydrogen-bond acceptors (Lipinski definition) is 5. The largest absolute Gasteiger partial charge is 0.378 e. The van der Waals surface area contributed by atoms with Gasteiger partial charge in [0.25, 0.3) is 5.91 Å². The molecule has 4 nitrogen and oxygen atoms in total. The molecule has 2 heterocycles. The Labute approximate surface area is 116 Å². The third kappa shape index (κ3) is 2.01. The van der Waals surface area contributed by atoms with Crippen molar-refractivity contribution < 1.29 is 9.90 Å².